The van der Waals surface area contributed by atoms with Gasteiger partial charge in [0, 0.05) is 16.0 Å². The van der Waals surface area contributed by atoms with Crippen molar-refractivity contribution in [1.29, 1.82) is 0 Å². The Morgan fingerprint density at radius 3 is 2.79 bits per heavy atom. The summed E-state index contributed by atoms with van der Waals surface area (Å²) in [6.07, 6.45) is 5.50. The van der Waals surface area contributed by atoms with Crippen LogP contribution in [0.25, 0.3) is 11.8 Å². The molecule has 0 bridgehead atoms. The van der Waals surface area contributed by atoms with Gasteiger partial charge in [0.1, 0.15) is 12.4 Å². The predicted octanol–water partition coefficient (Wildman–Crippen LogP) is 4.95. The number of nitrogens with zero attached hydrogens (tertiary/aromatic N) is 2. The molecule has 168 valence electrons. The van der Waals surface area contributed by atoms with Crippen LogP contribution < -0.4 is 19.6 Å². The molecular formula is C28H22N2O2S2. The molecule has 1 aliphatic heterocycles. The van der Waals surface area contributed by atoms with Crippen molar-refractivity contribution < 1.29 is 4.74 Å². The zero-order chi connectivity index (χ0) is 23.1. The summed E-state index contributed by atoms with van der Waals surface area (Å²) >= 11 is 3.14. The van der Waals surface area contributed by atoms with Gasteiger partial charge in [-0.15, -0.1) is 11.3 Å². The van der Waals surface area contributed by atoms with Gasteiger partial charge in [0.15, 0.2) is 4.80 Å². The number of fused-ring (bicyclic) bond motifs is 3. The van der Waals surface area contributed by atoms with E-state index in [1.54, 1.807) is 17.4 Å². The molecule has 2 aromatic carbocycles. The highest BCUT2D eigenvalue weighted by molar-refractivity contribution is 7.10. The number of thiazole rings is 1. The molecule has 0 N–H and O–H groups in total. The Morgan fingerprint density at radius 2 is 1.94 bits per heavy atom. The minimum Gasteiger partial charge on any atom is -0.489 e. The Labute approximate surface area is 205 Å². The quantitative estimate of drug-likeness (QED) is 0.378. The van der Waals surface area contributed by atoms with E-state index in [4.69, 9.17) is 9.73 Å². The first-order valence-electron chi connectivity index (χ1n) is 11.2. The van der Waals surface area contributed by atoms with Crippen LogP contribution in [0.2, 0.25) is 0 Å². The van der Waals surface area contributed by atoms with E-state index in [-0.39, 0.29) is 11.6 Å². The van der Waals surface area contributed by atoms with Crippen molar-refractivity contribution >= 4 is 34.4 Å². The smallest absolute Gasteiger partial charge is 0.271 e. The molecule has 0 saturated carbocycles. The van der Waals surface area contributed by atoms with Crippen LogP contribution in [0.1, 0.15) is 34.0 Å². The topological polar surface area (TPSA) is 43.6 Å². The lowest BCUT2D eigenvalue weighted by Crippen LogP contribution is -2.38. The summed E-state index contributed by atoms with van der Waals surface area (Å²) in [5.41, 5.74) is 5.63. The summed E-state index contributed by atoms with van der Waals surface area (Å²) in [6, 6.07) is 20.3. The monoisotopic (exact) mass is 482 g/mol. The van der Waals surface area contributed by atoms with Gasteiger partial charge in [-0.1, -0.05) is 72.5 Å². The number of ether oxygens (including phenoxy) is 1. The van der Waals surface area contributed by atoms with Gasteiger partial charge in [-0.2, -0.15) is 0 Å². The summed E-state index contributed by atoms with van der Waals surface area (Å²) in [6.45, 7) is 4.14. The summed E-state index contributed by atoms with van der Waals surface area (Å²) in [5, 5.41) is 2.08. The third-order valence-electron chi connectivity index (χ3n) is 6.25. The number of benzene rings is 2. The largest absolute Gasteiger partial charge is 0.489 e. The lowest BCUT2D eigenvalue weighted by atomic mass is 9.85. The minimum absolute atomic E-state index is 0.00826. The number of aryl methyl sites for hydroxylation is 1. The highest BCUT2D eigenvalue weighted by Crippen LogP contribution is 2.42. The average Bonchev–Trinajstić information content (AvgIpc) is 3.51. The third kappa shape index (κ3) is 3.50. The Hall–Kier alpha value is -3.48. The Balaban J connectivity index is 1.58. The highest BCUT2D eigenvalue weighted by Gasteiger charge is 2.33. The number of allylic oxidation sites excluding steroid dienone is 1. The molecule has 2 aromatic heterocycles. The number of rotatable bonds is 5. The van der Waals surface area contributed by atoms with Gasteiger partial charge in [0.25, 0.3) is 5.56 Å². The van der Waals surface area contributed by atoms with Crippen molar-refractivity contribution in [3.63, 3.8) is 0 Å². The molecule has 4 nitrogen and oxygen atoms in total. The number of thiophene rings is 1. The maximum Gasteiger partial charge on any atom is 0.271 e. The fraction of sp³-hybridized carbons (Fsp3) is 0.143. The van der Waals surface area contributed by atoms with Crippen LogP contribution in [-0.2, 0) is 6.42 Å². The van der Waals surface area contributed by atoms with E-state index in [0.717, 1.165) is 34.7 Å². The first kappa shape index (κ1) is 21.1. The van der Waals surface area contributed by atoms with Gasteiger partial charge in [-0.05, 0) is 47.6 Å². The van der Waals surface area contributed by atoms with E-state index in [9.17, 15) is 4.79 Å². The van der Waals surface area contributed by atoms with Gasteiger partial charge in [-0.3, -0.25) is 9.36 Å². The fourth-order valence-electron chi connectivity index (χ4n) is 4.74. The second-order valence-corrected chi connectivity index (χ2v) is 10.3. The van der Waals surface area contributed by atoms with Crippen LogP contribution in [-0.4, -0.2) is 11.2 Å². The van der Waals surface area contributed by atoms with E-state index in [1.165, 1.54) is 32.9 Å². The van der Waals surface area contributed by atoms with Crippen molar-refractivity contribution in [3.05, 3.63) is 126 Å². The van der Waals surface area contributed by atoms with Crippen molar-refractivity contribution in [2.75, 3.05) is 6.61 Å². The van der Waals surface area contributed by atoms with Crippen molar-refractivity contribution in [2.24, 2.45) is 4.99 Å². The van der Waals surface area contributed by atoms with Crippen LogP contribution in [0.4, 0.5) is 0 Å². The van der Waals surface area contributed by atoms with Crippen LogP contribution >= 0.6 is 22.7 Å². The molecule has 0 amide bonds. The molecule has 0 spiro atoms. The van der Waals surface area contributed by atoms with Crippen LogP contribution in [0.3, 0.4) is 0 Å². The standard InChI is InChI=1S/C28H22N2O2S2/c1-2-15-32-22-11-6-4-9-19(22)17-24-27(31)30-26(23-12-7-16-33-23)21-14-13-18-8-3-5-10-20(18)25(21)29-28(30)34-24/h2-12,16-17,26H,1,13-15H2/b24-17-/t26-/m0/s1. The van der Waals surface area contributed by atoms with Crippen molar-refractivity contribution in [2.45, 2.75) is 18.9 Å². The lowest BCUT2D eigenvalue weighted by molar-refractivity contribution is 0.362. The molecule has 3 heterocycles. The van der Waals surface area contributed by atoms with Gasteiger partial charge in [-0.25, -0.2) is 4.99 Å². The molecule has 34 heavy (non-hydrogen) atoms. The Kier molecular flexibility index (Phi) is 5.40. The molecular weight excluding hydrogens is 460 g/mol. The van der Waals surface area contributed by atoms with Gasteiger partial charge >= 0.3 is 0 Å². The zero-order valence-corrected chi connectivity index (χ0v) is 20.1. The normalized spacial score (nSPS) is 16.9. The van der Waals surface area contributed by atoms with Gasteiger partial charge in [0.05, 0.1) is 16.3 Å². The fourth-order valence-corrected chi connectivity index (χ4v) is 6.58. The van der Waals surface area contributed by atoms with Crippen LogP contribution in [0, 0.1) is 0 Å². The molecule has 0 unspecified atom stereocenters. The van der Waals surface area contributed by atoms with Crippen LogP contribution in [0.5, 0.6) is 5.75 Å². The number of aromatic nitrogens is 1. The van der Waals surface area contributed by atoms with E-state index >= 15 is 0 Å². The minimum atomic E-state index is -0.117. The highest BCUT2D eigenvalue weighted by atomic mass is 32.1. The Morgan fingerprint density at radius 1 is 1.09 bits per heavy atom. The average molecular weight is 483 g/mol. The predicted molar refractivity (Wildman–Crippen MR) is 139 cm³/mol. The summed E-state index contributed by atoms with van der Waals surface area (Å²) in [5.74, 6) is 0.733. The molecule has 6 heteroatoms. The van der Waals surface area contributed by atoms with Crippen LogP contribution in [0.15, 0.2) is 94.1 Å². The third-order valence-corrected chi connectivity index (χ3v) is 8.16. The second-order valence-electron chi connectivity index (χ2n) is 8.27. The molecule has 2 aliphatic rings. The lowest BCUT2D eigenvalue weighted by Gasteiger charge is -2.30. The number of hydrogen-bond donors (Lipinski definition) is 0. The molecule has 1 atom stereocenters. The molecule has 4 aromatic rings. The van der Waals surface area contributed by atoms with E-state index in [0.29, 0.717) is 11.1 Å². The second kappa shape index (κ2) is 8.70. The maximum absolute atomic E-state index is 13.8. The van der Waals surface area contributed by atoms with E-state index in [1.807, 2.05) is 34.9 Å². The SMILES string of the molecule is C=CCOc1ccccc1/C=c1\sc2n(c1=O)[C@H](c1cccs1)C1=C(N=2)c2ccccc2CC1. The summed E-state index contributed by atoms with van der Waals surface area (Å²) in [4.78, 5) is 20.8. The van der Waals surface area contributed by atoms with Crippen molar-refractivity contribution in [3.8, 4) is 5.75 Å². The molecule has 0 saturated heterocycles. The molecule has 0 fully saturated rings. The van der Waals surface area contributed by atoms with Gasteiger partial charge < -0.3 is 4.74 Å². The zero-order valence-electron chi connectivity index (χ0n) is 18.4. The maximum atomic E-state index is 13.8. The first-order valence-corrected chi connectivity index (χ1v) is 12.9. The Bertz CT molecular complexity index is 1610. The van der Waals surface area contributed by atoms with E-state index < -0.39 is 0 Å². The summed E-state index contributed by atoms with van der Waals surface area (Å²) in [7, 11) is 0. The number of hydrogen-bond acceptors (Lipinski definition) is 5. The molecule has 6 rings (SSSR count). The first-order chi connectivity index (χ1) is 16.7. The molecule has 0 radical (unpaired) electrons. The van der Waals surface area contributed by atoms with E-state index in [2.05, 4.69) is 48.4 Å². The van der Waals surface area contributed by atoms with Crippen molar-refractivity contribution in [1.82, 2.24) is 4.57 Å². The van der Waals surface area contributed by atoms with Gasteiger partial charge in [0.2, 0.25) is 0 Å². The summed E-state index contributed by atoms with van der Waals surface area (Å²) < 4.78 is 8.36. The molecule has 1 aliphatic carbocycles. The number of para-hydroxylation sites is 1.